The Morgan fingerprint density at radius 3 is 2.93 bits per heavy atom. The first-order valence-corrected chi connectivity index (χ1v) is 5.17. The van der Waals surface area contributed by atoms with Crippen molar-refractivity contribution in [2.45, 2.75) is 32.9 Å². The zero-order valence-corrected chi connectivity index (χ0v) is 9.08. The number of aromatic amines is 1. The number of nitrogens with one attached hydrogen (secondary N) is 1. The second-order valence-electron chi connectivity index (χ2n) is 4.17. The van der Waals surface area contributed by atoms with Gasteiger partial charge in [-0.1, -0.05) is 13.8 Å². The molecule has 0 saturated carbocycles. The van der Waals surface area contributed by atoms with Crippen molar-refractivity contribution in [1.29, 1.82) is 0 Å². The molecule has 82 valence electrons. The number of rotatable bonds is 2. The summed E-state index contributed by atoms with van der Waals surface area (Å²) in [5.74, 6) is 0.382. The number of nitrogens with zero attached hydrogens (tertiary/aromatic N) is 2. The van der Waals surface area contributed by atoms with Crippen molar-refractivity contribution in [3.05, 3.63) is 17.0 Å². The van der Waals surface area contributed by atoms with Crippen LogP contribution in [0.1, 0.15) is 36.7 Å². The Morgan fingerprint density at radius 2 is 2.33 bits per heavy atom. The van der Waals surface area contributed by atoms with Crippen molar-refractivity contribution in [2.24, 2.45) is 5.73 Å². The van der Waals surface area contributed by atoms with Crippen LogP contribution in [0.2, 0.25) is 0 Å². The van der Waals surface area contributed by atoms with Gasteiger partial charge in [0.05, 0.1) is 24.5 Å². The average Bonchev–Trinajstić information content (AvgIpc) is 2.73. The Labute approximate surface area is 88.6 Å². The first kappa shape index (κ1) is 10.2. The van der Waals surface area contributed by atoms with E-state index in [1.54, 1.807) is 4.90 Å². The van der Waals surface area contributed by atoms with Crippen LogP contribution in [0.3, 0.4) is 0 Å². The first-order valence-electron chi connectivity index (χ1n) is 5.17. The van der Waals surface area contributed by atoms with Crippen molar-refractivity contribution in [2.75, 3.05) is 6.54 Å². The van der Waals surface area contributed by atoms with E-state index in [0.29, 0.717) is 19.0 Å². The van der Waals surface area contributed by atoms with E-state index in [1.807, 2.05) is 0 Å². The molecule has 1 aliphatic heterocycles. The highest BCUT2D eigenvalue weighted by Gasteiger charge is 2.27. The van der Waals surface area contributed by atoms with E-state index in [0.717, 1.165) is 11.4 Å². The largest absolute Gasteiger partial charge is 0.331 e. The molecule has 0 spiro atoms. The zero-order valence-electron chi connectivity index (χ0n) is 9.08. The second kappa shape index (κ2) is 3.66. The molecule has 5 nitrogen and oxygen atoms in total. The summed E-state index contributed by atoms with van der Waals surface area (Å²) in [6.45, 7) is 5.54. The Kier molecular flexibility index (Phi) is 2.48. The van der Waals surface area contributed by atoms with Crippen molar-refractivity contribution in [1.82, 2.24) is 15.1 Å². The number of hydrogen-bond donors (Lipinski definition) is 2. The lowest BCUT2D eigenvalue weighted by Crippen LogP contribution is -2.31. The van der Waals surface area contributed by atoms with Gasteiger partial charge in [0.1, 0.15) is 0 Å². The van der Waals surface area contributed by atoms with Gasteiger partial charge in [0, 0.05) is 12.1 Å². The molecular weight excluding hydrogens is 192 g/mol. The highest BCUT2D eigenvalue weighted by molar-refractivity contribution is 5.78. The quantitative estimate of drug-likeness (QED) is 0.735. The lowest BCUT2D eigenvalue weighted by molar-refractivity contribution is -0.130. The van der Waals surface area contributed by atoms with E-state index < -0.39 is 0 Å². The minimum Gasteiger partial charge on any atom is -0.331 e. The fourth-order valence-corrected chi connectivity index (χ4v) is 1.95. The number of hydrogen-bond acceptors (Lipinski definition) is 3. The number of carbonyl (C=O) groups is 1. The molecule has 0 fully saturated rings. The zero-order chi connectivity index (χ0) is 11.0. The smallest absolute Gasteiger partial charge is 0.236 e. The number of fused-ring (bicyclic) bond motifs is 1. The summed E-state index contributed by atoms with van der Waals surface area (Å²) in [6.07, 6.45) is 0. The maximum atomic E-state index is 11.4. The maximum absolute atomic E-state index is 11.4. The average molecular weight is 208 g/mol. The van der Waals surface area contributed by atoms with Crippen LogP contribution in [0.5, 0.6) is 0 Å². The third kappa shape index (κ3) is 1.63. The summed E-state index contributed by atoms with van der Waals surface area (Å²) in [6, 6.07) is 0. The van der Waals surface area contributed by atoms with Crippen LogP contribution in [-0.2, 0) is 17.9 Å². The third-order valence-electron chi connectivity index (χ3n) is 2.76. The van der Waals surface area contributed by atoms with E-state index in [2.05, 4.69) is 24.0 Å². The van der Waals surface area contributed by atoms with Gasteiger partial charge >= 0.3 is 0 Å². The highest BCUT2D eigenvalue weighted by atomic mass is 16.2. The third-order valence-corrected chi connectivity index (χ3v) is 2.76. The molecule has 5 heteroatoms. The van der Waals surface area contributed by atoms with Crippen molar-refractivity contribution >= 4 is 5.91 Å². The Bertz CT molecular complexity index is 383. The van der Waals surface area contributed by atoms with Gasteiger partial charge in [-0.2, -0.15) is 5.10 Å². The topological polar surface area (TPSA) is 75.0 Å². The fourth-order valence-electron chi connectivity index (χ4n) is 1.95. The van der Waals surface area contributed by atoms with Crippen LogP contribution >= 0.6 is 0 Å². The summed E-state index contributed by atoms with van der Waals surface area (Å²) < 4.78 is 0. The molecule has 2 heterocycles. The van der Waals surface area contributed by atoms with Crippen LogP contribution in [0.4, 0.5) is 0 Å². The van der Waals surface area contributed by atoms with Gasteiger partial charge in [0.2, 0.25) is 5.91 Å². The summed E-state index contributed by atoms with van der Waals surface area (Å²) in [7, 11) is 0. The Morgan fingerprint density at radius 1 is 1.60 bits per heavy atom. The molecule has 0 unspecified atom stereocenters. The molecule has 1 aromatic rings. The second-order valence-corrected chi connectivity index (χ2v) is 4.17. The predicted molar refractivity (Wildman–Crippen MR) is 56.0 cm³/mol. The number of nitrogens with two attached hydrogens (primary N) is 1. The molecule has 0 aromatic carbocycles. The molecule has 0 radical (unpaired) electrons. The summed E-state index contributed by atoms with van der Waals surface area (Å²) >= 11 is 0. The molecular formula is C10H16N4O. The number of aromatic nitrogens is 2. The normalized spacial score (nSPS) is 14.8. The summed E-state index contributed by atoms with van der Waals surface area (Å²) in [5, 5.41) is 7.25. The van der Waals surface area contributed by atoms with Crippen molar-refractivity contribution in [3.8, 4) is 0 Å². The lowest BCUT2D eigenvalue weighted by Gasteiger charge is -2.14. The molecule has 15 heavy (non-hydrogen) atoms. The highest BCUT2D eigenvalue weighted by Crippen LogP contribution is 2.27. The molecule has 1 aromatic heterocycles. The molecule has 0 bridgehead atoms. The minimum atomic E-state index is -0.00527. The van der Waals surface area contributed by atoms with E-state index in [4.69, 9.17) is 5.73 Å². The molecule has 1 amide bonds. The predicted octanol–water partition coefficient (Wildman–Crippen LogP) is 0.334. The molecule has 0 atom stereocenters. The first-order chi connectivity index (χ1) is 7.13. The Balaban J connectivity index is 2.21. The number of amides is 1. The van der Waals surface area contributed by atoms with Crippen molar-refractivity contribution < 1.29 is 4.79 Å². The van der Waals surface area contributed by atoms with Gasteiger partial charge in [0.25, 0.3) is 0 Å². The summed E-state index contributed by atoms with van der Waals surface area (Å²) in [5.41, 5.74) is 8.63. The van der Waals surface area contributed by atoms with Gasteiger partial charge in [-0.05, 0) is 5.92 Å². The van der Waals surface area contributed by atoms with E-state index in [-0.39, 0.29) is 12.5 Å². The van der Waals surface area contributed by atoms with Crippen LogP contribution in [0.15, 0.2) is 0 Å². The van der Waals surface area contributed by atoms with Crippen LogP contribution in [-0.4, -0.2) is 27.5 Å². The van der Waals surface area contributed by atoms with E-state index >= 15 is 0 Å². The molecule has 1 aliphatic rings. The van der Waals surface area contributed by atoms with E-state index in [1.165, 1.54) is 5.56 Å². The standard InChI is InChI=1S/C10H16N4O/c1-6(2)10-7-4-14(9(15)3-11)5-8(7)12-13-10/h6H,3-5,11H2,1-2H3,(H,12,13). The van der Waals surface area contributed by atoms with E-state index in [9.17, 15) is 4.79 Å². The minimum absolute atomic E-state index is 0.00527. The SMILES string of the molecule is CC(C)c1n[nH]c2c1CN(C(=O)CN)C2. The lowest BCUT2D eigenvalue weighted by atomic mass is 10.1. The Hall–Kier alpha value is -1.36. The van der Waals surface area contributed by atoms with Crippen LogP contribution in [0.25, 0.3) is 0 Å². The molecule has 0 aliphatic carbocycles. The molecule has 3 N–H and O–H groups in total. The maximum Gasteiger partial charge on any atom is 0.236 e. The van der Waals surface area contributed by atoms with Crippen molar-refractivity contribution in [3.63, 3.8) is 0 Å². The summed E-state index contributed by atoms with van der Waals surface area (Å²) in [4.78, 5) is 13.2. The van der Waals surface area contributed by atoms with Crippen LogP contribution in [0, 0.1) is 0 Å². The van der Waals surface area contributed by atoms with Gasteiger partial charge in [0.15, 0.2) is 0 Å². The fraction of sp³-hybridized carbons (Fsp3) is 0.600. The number of H-pyrrole nitrogens is 1. The van der Waals surface area contributed by atoms with Gasteiger partial charge in [-0.15, -0.1) is 0 Å². The monoisotopic (exact) mass is 208 g/mol. The van der Waals surface area contributed by atoms with Crippen LogP contribution < -0.4 is 5.73 Å². The molecule has 2 rings (SSSR count). The number of carbonyl (C=O) groups excluding carboxylic acids is 1. The van der Waals surface area contributed by atoms with Gasteiger partial charge in [-0.3, -0.25) is 9.89 Å². The molecule has 0 saturated heterocycles. The van der Waals surface area contributed by atoms with Gasteiger partial charge < -0.3 is 10.6 Å². The van der Waals surface area contributed by atoms with Gasteiger partial charge in [-0.25, -0.2) is 0 Å².